The van der Waals surface area contributed by atoms with Gasteiger partial charge < -0.3 is 10.2 Å². The lowest BCUT2D eigenvalue weighted by atomic mass is 10.2. The van der Waals surface area contributed by atoms with Gasteiger partial charge in [0.1, 0.15) is 0 Å². The van der Waals surface area contributed by atoms with E-state index in [1.165, 1.54) is 6.08 Å². The Morgan fingerprint density at radius 2 is 2.10 bits per heavy atom. The molecule has 21 heavy (non-hydrogen) atoms. The summed E-state index contributed by atoms with van der Waals surface area (Å²) in [4.78, 5) is 25.6. The first kappa shape index (κ1) is 14.1. The average molecular weight is 305 g/mol. The van der Waals surface area contributed by atoms with Crippen LogP contribution in [0.25, 0.3) is 6.08 Å². The van der Waals surface area contributed by atoms with Gasteiger partial charge in [0.25, 0.3) is 0 Å². The molecule has 0 bridgehead atoms. The summed E-state index contributed by atoms with van der Waals surface area (Å²) in [6.45, 7) is 0.634. The standard InChI is InChI=1S/C16H17ClN2O2/c17-14-4-2-1-3-11(14)5-8-15(20)18-12-9-16(21)19(10-12)13-6-7-13/h1-5,8,12-13H,6-7,9-10H2,(H,18,20)/b8-5+. The summed E-state index contributed by atoms with van der Waals surface area (Å²) in [5.41, 5.74) is 0.802. The van der Waals surface area contributed by atoms with E-state index in [1.807, 2.05) is 23.1 Å². The van der Waals surface area contributed by atoms with Crippen molar-refractivity contribution in [3.8, 4) is 0 Å². The maximum absolute atomic E-state index is 11.9. The molecule has 2 fully saturated rings. The minimum atomic E-state index is -0.189. The van der Waals surface area contributed by atoms with Crippen molar-refractivity contribution in [3.63, 3.8) is 0 Å². The van der Waals surface area contributed by atoms with Crippen molar-refractivity contribution >= 4 is 29.5 Å². The molecule has 0 spiro atoms. The Morgan fingerprint density at radius 3 is 2.81 bits per heavy atom. The van der Waals surface area contributed by atoms with Crippen LogP contribution in [0, 0.1) is 0 Å². The second-order valence-corrected chi connectivity index (χ2v) is 5.95. The van der Waals surface area contributed by atoms with E-state index >= 15 is 0 Å². The third-order valence-electron chi connectivity index (χ3n) is 3.81. The lowest BCUT2D eigenvalue weighted by Gasteiger charge is -2.15. The number of likely N-dealkylation sites (tertiary alicyclic amines) is 1. The van der Waals surface area contributed by atoms with E-state index in [1.54, 1.807) is 12.1 Å². The quantitative estimate of drug-likeness (QED) is 0.867. The van der Waals surface area contributed by atoms with Crippen molar-refractivity contribution in [3.05, 3.63) is 40.9 Å². The topological polar surface area (TPSA) is 49.4 Å². The molecule has 5 heteroatoms. The molecule has 0 aromatic heterocycles. The molecule has 1 unspecified atom stereocenters. The zero-order valence-electron chi connectivity index (χ0n) is 11.6. The number of halogens is 1. The number of nitrogens with one attached hydrogen (secondary N) is 1. The van der Waals surface area contributed by atoms with Gasteiger partial charge in [-0.1, -0.05) is 29.8 Å². The van der Waals surface area contributed by atoms with Crippen LogP contribution < -0.4 is 5.32 Å². The van der Waals surface area contributed by atoms with Crippen LogP contribution in [0.15, 0.2) is 30.3 Å². The molecular weight excluding hydrogens is 288 g/mol. The first-order chi connectivity index (χ1) is 10.1. The predicted molar refractivity (Wildman–Crippen MR) is 81.8 cm³/mol. The fourth-order valence-corrected chi connectivity index (χ4v) is 2.79. The molecule has 2 aliphatic rings. The Balaban J connectivity index is 1.55. The third kappa shape index (κ3) is 3.45. The molecule has 1 saturated carbocycles. The number of amides is 2. The summed E-state index contributed by atoms with van der Waals surface area (Å²) in [6.07, 6.45) is 5.75. The molecule has 1 aromatic carbocycles. The molecule has 1 aliphatic carbocycles. The van der Waals surface area contributed by atoms with Crippen molar-refractivity contribution in [1.82, 2.24) is 10.2 Å². The summed E-state index contributed by atoms with van der Waals surface area (Å²) >= 11 is 6.02. The number of carbonyl (C=O) groups excluding carboxylic acids is 2. The Bertz CT molecular complexity index is 596. The monoisotopic (exact) mass is 304 g/mol. The summed E-state index contributed by atoms with van der Waals surface area (Å²) in [5.74, 6) is -0.0387. The van der Waals surface area contributed by atoms with Gasteiger partial charge in [-0.3, -0.25) is 9.59 Å². The summed E-state index contributed by atoms with van der Waals surface area (Å²) in [7, 11) is 0. The highest BCUT2D eigenvalue weighted by Gasteiger charge is 2.39. The maximum atomic E-state index is 11.9. The lowest BCUT2D eigenvalue weighted by Crippen LogP contribution is -2.36. The Labute approximate surface area is 128 Å². The van der Waals surface area contributed by atoms with Gasteiger partial charge in [-0.25, -0.2) is 0 Å². The normalized spacial score (nSPS) is 22.0. The summed E-state index contributed by atoms with van der Waals surface area (Å²) in [5, 5.41) is 3.49. The molecule has 1 saturated heterocycles. The first-order valence-corrected chi connectivity index (χ1v) is 7.54. The fraction of sp³-hybridized carbons (Fsp3) is 0.375. The second-order valence-electron chi connectivity index (χ2n) is 5.54. The number of hydrogen-bond donors (Lipinski definition) is 1. The zero-order chi connectivity index (χ0) is 14.8. The predicted octanol–water partition coefficient (Wildman–Crippen LogP) is 2.23. The molecule has 4 nitrogen and oxygen atoms in total. The number of benzene rings is 1. The first-order valence-electron chi connectivity index (χ1n) is 7.16. The van der Waals surface area contributed by atoms with Crippen LogP contribution in [0.4, 0.5) is 0 Å². The molecule has 2 amide bonds. The van der Waals surface area contributed by atoms with Crippen LogP contribution in [0.3, 0.4) is 0 Å². The molecule has 0 radical (unpaired) electrons. The summed E-state index contributed by atoms with van der Waals surface area (Å²) in [6, 6.07) is 7.67. The van der Waals surface area contributed by atoms with Gasteiger partial charge in [-0.05, 0) is 30.5 Å². The molecule has 3 rings (SSSR count). The van der Waals surface area contributed by atoms with Gasteiger partial charge in [0, 0.05) is 30.1 Å². The van der Waals surface area contributed by atoms with Crippen molar-refractivity contribution in [2.24, 2.45) is 0 Å². The maximum Gasteiger partial charge on any atom is 0.244 e. The van der Waals surface area contributed by atoms with Gasteiger partial charge >= 0.3 is 0 Å². The van der Waals surface area contributed by atoms with Gasteiger partial charge in [-0.2, -0.15) is 0 Å². The van der Waals surface area contributed by atoms with Crippen LogP contribution >= 0.6 is 11.6 Å². The van der Waals surface area contributed by atoms with Gasteiger partial charge in [-0.15, -0.1) is 0 Å². The highest BCUT2D eigenvalue weighted by molar-refractivity contribution is 6.32. The highest BCUT2D eigenvalue weighted by Crippen LogP contribution is 2.30. The second kappa shape index (κ2) is 5.90. The number of carbonyl (C=O) groups is 2. The SMILES string of the molecule is O=C(/C=C/c1ccccc1Cl)NC1CC(=O)N(C2CC2)C1. The molecule has 1 heterocycles. The minimum absolute atomic E-state index is 0.0819. The smallest absolute Gasteiger partial charge is 0.244 e. The number of rotatable bonds is 4. The molecule has 110 valence electrons. The van der Waals surface area contributed by atoms with Gasteiger partial charge in [0.2, 0.25) is 11.8 Å². The number of hydrogen-bond acceptors (Lipinski definition) is 2. The minimum Gasteiger partial charge on any atom is -0.348 e. The molecule has 1 N–H and O–H groups in total. The van der Waals surface area contributed by atoms with E-state index in [0.29, 0.717) is 24.0 Å². The van der Waals surface area contributed by atoms with E-state index in [9.17, 15) is 9.59 Å². The molecule has 1 aliphatic heterocycles. The van der Waals surface area contributed by atoms with Crippen molar-refractivity contribution < 1.29 is 9.59 Å². The van der Waals surface area contributed by atoms with E-state index in [0.717, 1.165) is 18.4 Å². The van der Waals surface area contributed by atoms with E-state index in [4.69, 9.17) is 11.6 Å². The van der Waals surface area contributed by atoms with E-state index in [-0.39, 0.29) is 17.9 Å². The molecule has 1 aromatic rings. The van der Waals surface area contributed by atoms with Gasteiger partial charge in [0.15, 0.2) is 0 Å². The summed E-state index contributed by atoms with van der Waals surface area (Å²) < 4.78 is 0. The average Bonchev–Trinajstić information content (AvgIpc) is 3.23. The van der Waals surface area contributed by atoms with Crippen LogP contribution in [0.2, 0.25) is 5.02 Å². The Hall–Kier alpha value is -1.81. The Kier molecular flexibility index (Phi) is 3.97. The number of nitrogens with zero attached hydrogens (tertiary/aromatic N) is 1. The highest BCUT2D eigenvalue weighted by atomic mass is 35.5. The Morgan fingerprint density at radius 1 is 1.33 bits per heavy atom. The van der Waals surface area contributed by atoms with Crippen LogP contribution in [0.5, 0.6) is 0 Å². The van der Waals surface area contributed by atoms with Crippen LogP contribution in [-0.4, -0.2) is 35.3 Å². The largest absolute Gasteiger partial charge is 0.348 e. The van der Waals surface area contributed by atoms with Crippen LogP contribution in [0.1, 0.15) is 24.8 Å². The molecular formula is C16H17ClN2O2. The lowest BCUT2D eigenvalue weighted by molar-refractivity contribution is -0.128. The van der Waals surface area contributed by atoms with Crippen molar-refractivity contribution in [2.75, 3.05) is 6.54 Å². The molecule has 1 atom stereocenters. The van der Waals surface area contributed by atoms with E-state index < -0.39 is 0 Å². The van der Waals surface area contributed by atoms with Crippen molar-refractivity contribution in [2.45, 2.75) is 31.3 Å². The van der Waals surface area contributed by atoms with Crippen molar-refractivity contribution in [1.29, 1.82) is 0 Å². The third-order valence-corrected chi connectivity index (χ3v) is 4.16. The fourth-order valence-electron chi connectivity index (χ4n) is 2.59. The van der Waals surface area contributed by atoms with Gasteiger partial charge in [0.05, 0.1) is 6.04 Å². The van der Waals surface area contributed by atoms with Crippen LogP contribution in [-0.2, 0) is 9.59 Å². The van der Waals surface area contributed by atoms with E-state index in [2.05, 4.69) is 5.32 Å². The zero-order valence-corrected chi connectivity index (χ0v) is 12.3.